The highest BCUT2D eigenvalue weighted by molar-refractivity contribution is 6.31. The molecule has 0 unspecified atom stereocenters. The van der Waals surface area contributed by atoms with Crippen LogP contribution in [-0.2, 0) is 19.6 Å². The minimum atomic E-state index is -0.241. The molecule has 1 aliphatic rings. The molecular formula is C31H40ClFN4. The molecular weight excluding hydrogens is 483 g/mol. The number of aromatic nitrogens is 1. The summed E-state index contributed by atoms with van der Waals surface area (Å²) in [5.74, 6) is 1.37. The maximum atomic E-state index is 14.4. The number of rotatable bonds is 11. The van der Waals surface area contributed by atoms with Gasteiger partial charge in [0.1, 0.15) is 11.6 Å². The zero-order chi connectivity index (χ0) is 26.4. The second kappa shape index (κ2) is 12.9. The topological polar surface area (TPSA) is 22.6 Å². The number of nitrogens with zero attached hydrogens (tertiary/aromatic N) is 4. The molecule has 0 bridgehead atoms. The molecule has 1 saturated heterocycles. The maximum Gasteiger partial charge on any atom is 0.132 e. The van der Waals surface area contributed by atoms with Gasteiger partial charge in [-0.05, 0) is 60.3 Å². The Morgan fingerprint density at radius 2 is 1.76 bits per heavy atom. The van der Waals surface area contributed by atoms with E-state index in [-0.39, 0.29) is 5.82 Å². The number of halogens is 2. The van der Waals surface area contributed by atoms with Crippen LogP contribution < -0.4 is 4.90 Å². The van der Waals surface area contributed by atoms with E-state index in [9.17, 15) is 4.39 Å². The van der Waals surface area contributed by atoms with E-state index >= 15 is 0 Å². The Morgan fingerprint density at radius 1 is 1.00 bits per heavy atom. The normalized spacial score (nSPS) is 15.9. The van der Waals surface area contributed by atoms with E-state index in [2.05, 4.69) is 72.7 Å². The van der Waals surface area contributed by atoms with Crippen molar-refractivity contribution in [2.75, 3.05) is 31.1 Å². The first kappa shape index (κ1) is 27.6. The number of hydrogen-bond donors (Lipinski definition) is 0. The number of hydrogen-bond acceptors (Lipinski definition) is 4. The van der Waals surface area contributed by atoms with Gasteiger partial charge in [-0.3, -0.25) is 9.80 Å². The van der Waals surface area contributed by atoms with Gasteiger partial charge in [-0.25, -0.2) is 9.37 Å². The lowest BCUT2D eigenvalue weighted by atomic mass is 10.0. The Morgan fingerprint density at radius 3 is 2.46 bits per heavy atom. The van der Waals surface area contributed by atoms with Crippen molar-refractivity contribution in [3.8, 4) is 0 Å². The van der Waals surface area contributed by atoms with Crippen LogP contribution in [0.3, 0.4) is 0 Å². The summed E-state index contributed by atoms with van der Waals surface area (Å²) >= 11 is 6.29. The van der Waals surface area contributed by atoms with Crippen LogP contribution in [0.4, 0.5) is 10.2 Å². The second-order valence-electron chi connectivity index (χ2n) is 10.3. The lowest BCUT2D eigenvalue weighted by Crippen LogP contribution is -2.37. The average molecular weight is 523 g/mol. The van der Waals surface area contributed by atoms with Crippen LogP contribution in [0.2, 0.25) is 5.02 Å². The summed E-state index contributed by atoms with van der Waals surface area (Å²) in [7, 11) is 0. The van der Waals surface area contributed by atoms with E-state index in [1.807, 2.05) is 12.3 Å². The molecule has 0 N–H and O–H groups in total. The first-order valence-corrected chi connectivity index (χ1v) is 13.9. The van der Waals surface area contributed by atoms with Crippen molar-refractivity contribution in [1.82, 2.24) is 14.8 Å². The predicted octanol–water partition coefficient (Wildman–Crippen LogP) is 7.12. The first-order chi connectivity index (χ1) is 17.9. The van der Waals surface area contributed by atoms with Crippen LogP contribution in [0.15, 0.2) is 60.8 Å². The summed E-state index contributed by atoms with van der Waals surface area (Å²) in [6.07, 6.45) is 3.06. The molecule has 2 heterocycles. The number of likely N-dealkylation sites (N-methyl/N-ethyl adjacent to an activating group) is 1. The van der Waals surface area contributed by atoms with Crippen molar-refractivity contribution in [2.24, 2.45) is 0 Å². The van der Waals surface area contributed by atoms with Gasteiger partial charge in [-0.15, -0.1) is 0 Å². The molecule has 6 heteroatoms. The third-order valence-electron chi connectivity index (χ3n) is 7.50. The molecule has 3 aromatic rings. The second-order valence-corrected chi connectivity index (χ2v) is 10.8. The lowest BCUT2D eigenvalue weighted by molar-refractivity contribution is 0.211. The fourth-order valence-corrected chi connectivity index (χ4v) is 5.58. The largest absolute Gasteiger partial charge is 0.355 e. The van der Waals surface area contributed by atoms with Gasteiger partial charge in [0.2, 0.25) is 0 Å². The van der Waals surface area contributed by atoms with Gasteiger partial charge in [-0.1, -0.05) is 75.7 Å². The zero-order valence-corrected chi connectivity index (χ0v) is 23.4. The van der Waals surface area contributed by atoms with Crippen LogP contribution in [0.5, 0.6) is 0 Å². The molecule has 1 aliphatic heterocycles. The zero-order valence-electron chi connectivity index (χ0n) is 22.6. The van der Waals surface area contributed by atoms with Crippen LogP contribution in [-0.4, -0.2) is 47.0 Å². The van der Waals surface area contributed by atoms with E-state index in [0.29, 0.717) is 29.1 Å². The highest BCUT2D eigenvalue weighted by atomic mass is 35.5. The molecule has 4 rings (SSSR count). The quantitative estimate of drug-likeness (QED) is 0.267. The summed E-state index contributed by atoms with van der Waals surface area (Å²) < 4.78 is 14.4. The third-order valence-corrected chi connectivity index (χ3v) is 7.85. The van der Waals surface area contributed by atoms with Crippen molar-refractivity contribution in [3.05, 3.63) is 93.9 Å². The molecule has 1 aromatic heterocycles. The van der Waals surface area contributed by atoms with Gasteiger partial charge < -0.3 is 4.90 Å². The van der Waals surface area contributed by atoms with Crippen LogP contribution >= 0.6 is 11.6 Å². The lowest BCUT2D eigenvalue weighted by Gasteiger charge is -2.29. The van der Waals surface area contributed by atoms with Crippen molar-refractivity contribution < 1.29 is 4.39 Å². The number of pyridine rings is 1. The summed E-state index contributed by atoms with van der Waals surface area (Å²) in [6.45, 7) is 14.9. The summed E-state index contributed by atoms with van der Waals surface area (Å²) in [5.41, 5.74) is 4.46. The van der Waals surface area contributed by atoms with E-state index in [0.717, 1.165) is 51.5 Å². The van der Waals surface area contributed by atoms with Gasteiger partial charge in [-0.2, -0.15) is 0 Å². The highest BCUT2D eigenvalue weighted by Gasteiger charge is 2.29. The third kappa shape index (κ3) is 6.90. The van der Waals surface area contributed by atoms with Gasteiger partial charge >= 0.3 is 0 Å². The maximum absolute atomic E-state index is 14.4. The molecule has 0 amide bonds. The molecule has 37 heavy (non-hydrogen) atoms. The monoisotopic (exact) mass is 522 g/mol. The fourth-order valence-electron chi connectivity index (χ4n) is 5.36. The number of anilines is 1. The Bertz CT molecular complexity index is 1150. The molecule has 0 aliphatic carbocycles. The van der Waals surface area contributed by atoms with E-state index < -0.39 is 0 Å². The Kier molecular flexibility index (Phi) is 9.58. The fraction of sp³-hybridized carbons (Fsp3) is 0.452. The first-order valence-electron chi connectivity index (χ1n) is 13.6. The minimum Gasteiger partial charge on any atom is -0.355 e. The Labute approximate surface area is 227 Å². The van der Waals surface area contributed by atoms with Gasteiger partial charge in [0.25, 0.3) is 0 Å². The minimum absolute atomic E-state index is 0.241. The van der Waals surface area contributed by atoms with E-state index in [4.69, 9.17) is 16.6 Å². The van der Waals surface area contributed by atoms with Crippen molar-refractivity contribution in [3.63, 3.8) is 0 Å². The van der Waals surface area contributed by atoms with Gasteiger partial charge in [0.15, 0.2) is 0 Å². The standard InChI is InChI=1S/C31H40ClFN4/c1-5-35(22-28-29(32)13-8-14-30(28)33)19-24-10-7-11-25(18-24)20-36(6-2)26-15-17-37(21-26)31-27(23(3)4)12-9-16-34-31/h7-14,16,18,23,26H,5-6,15,17,19-22H2,1-4H3/t26-/m1/s1. The van der Waals surface area contributed by atoms with Gasteiger partial charge in [0, 0.05) is 55.5 Å². The molecule has 0 saturated carbocycles. The molecule has 1 fully saturated rings. The van der Waals surface area contributed by atoms with Crippen molar-refractivity contribution >= 4 is 17.4 Å². The van der Waals surface area contributed by atoms with E-state index in [1.165, 1.54) is 22.8 Å². The van der Waals surface area contributed by atoms with Gasteiger partial charge in [0.05, 0.1) is 0 Å². The van der Waals surface area contributed by atoms with Crippen LogP contribution in [0.25, 0.3) is 0 Å². The molecule has 198 valence electrons. The Balaban J connectivity index is 1.41. The molecule has 1 atom stereocenters. The summed E-state index contributed by atoms with van der Waals surface area (Å²) in [6, 6.07) is 18.5. The predicted molar refractivity (Wildman–Crippen MR) is 153 cm³/mol. The van der Waals surface area contributed by atoms with E-state index in [1.54, 1.807) is 12.1 Å². The Hall–Kier alpha value is -2.47. The highest BCUT2D eigenvalue weighted by Crippen LogP contribution is 2.29. The van der Waals surface area contributed by atoms with Crippen molar-refractivity contribution in [2.45, 2.75) is 65.7 Å². The molecule has 4 nitrogen and oxygen atoms in total. The van der Waals surface area contributed by atoms with Crippen molar-refractivity contribution in [1.29, 1.82) is 0 Å². The SMILES string of the molecule is CCN(Cc1cccc(CN(CC)[C@@H]2CCN(c3ncccc3C(C)C)C2)c1)Cc1c(F)cccc1Cl. The molecule has 0 radical (unpaired) electrons. The summed E-state index contributed by atoms with van der Waals surface area (Å²) in [4.78, 5) is 12.0. The van der Waals surface area contributed by atoms with Crippen LogP contribution in [0, 0.1) is 5.82 Å². The van der Waals surface area contributed by atoms with Crippen LogP contribution in [0.1, 0.15) is 62.3 Å². The number of benzene rings is 2. The average Bonchev–Trinajstić information content (AvgIpc) is 3.39. The smallest absolute Gasteiger partial charge is 0.132 e. The molecule has 2 aromatic carbocycles. The summed E-state index contributed by atoms with van der Waals surface area (Å²) in [5, 5.41) is 0.489. The molecule has 0 spiro atoms.